The lowest BCUT2D eigenvalue weighted by Gasteiger charge is -2.33. The quantitative estimate of drug-likeness (QED) is 0.900. The monoisotopic (exact) mass is 289 g/mol. The first-order valence-electron chi connectivity index (χ1n) is 7.85. The van der Waals surface area contributed by atoms with Gasteiger partial charge in [-0.25, -0.2) is 0 Å². The van der Waals surface area contributed by atoms with E-state index < -0.39 is 0 Å². The van der Waals surface area contributed by atoms with Crippen LogP contribution in [0.2, 0.25) is 0 Å². The molecule has 0 aliphatic carbocycles. The molecule has 2 N–H and O–H groups in total. The second-order valence-corrected chi connectivity index (χ2v) is 6.05. The highest BCUT2D eigenvalue weighted by atomic mass is 16.2. The molecule has 1 aromatic rings. The van der Waals surface area contributed by atoms with Crippen molar-refractivity contribution in [2.24, 2.45) is 11.7 Å². The molecule has 1 saturated heterocycles. The second kappa shape index (κ2) is 7.57. The summed E-state index contributed by atoms with van der Waals surface area (Å²) in [7, 11) is 1.90. The highest BCUT2D eigenvalue weighted by Crippen LogP contribution is 2.20. The molecule has 1 amide bonds. The third-order valence-electron chi connectivity index (χ3n) is 4.66. The molecule has 4 heteroatoms. The van der Waals surface area contributed by atoms with E-state index in [1.807, 2.05) is 30.1 Å². The summed E-state index contributed by atoms with van der Waals surface area (Å²) in [5.74, 6) is 0.829. The molecule has 0 aromatic heterocycles. The number of hydrogen-bond acceptors (Lipinski definition) is 3. The van der Waals surface area contributed by atoms with Crippen LogP contribution in [0.5, 0.6) is 0 Å². The van der Waals surface area contributed by atoms with Crippen molar-refractivity contribution >= 4 is 5.91 Å². The van der Waals surface area contributed by atoms with Gasteiger partial charge in [0.2, 0.25) is 5.91 Å². The smallest absolute Gasteiger partial charge is 0.236 e. The van der Waals surface area contributed by atoms with Crippen molar-refractivity contribution in [3.63, 3.8) is 0 Å². The first kappa shape index (κ1) is 16.0. The third-order valence-corrected chi connectivity index (χ3v) is 4.66. The lowest BCUT2D eigenvalue weighted by molar-refractivity contribution is -0.133. The molecule has 1 fully saturated rings. The van der Waals surface area contributed by atoms with Gasteiger partial charge < -0.3 is 10.6 Å². The van der Waals surface area contributed by atoms with E-state index in [-0.39, 0.29) is 11.9 Å². The number of likely N-dealkylation sites (N-methyl/N-ethyl adjacent to an activating group) is 1. The van der Waals surface area contributed by atoms with Crippen molar-refractivity contribution in [3.8, 4) is 0 Å². The van der Waals surface area contributed by atoms with Crippen LogP contribution >= 0.6 is 0 Å². The van der Waals surface area contributed by atoms with Crippen LogP contribution in [0, 0.1) is 5.92 Å². The van der Waals surface area contributed by atoms with Crippen molar-refractivity contribution in [3.05, 3.63) is 35.9 Å². The van der Waals surface area contributed by atoms with Gasteiger partial charge in [0, 0.05) is 7.05 Å². The zero-order valence-electron chi connectivity index (χ0n) is 13.2. The summed E-state index contributed by atoms with van der Waals surface area (Å²) in [5.41, 5.74) is 6.88. The number of rotatable bonds is 5. The summed E-state index contributed by atoms with van der Waals surface area (Å²) >= 11 is 0. The van der Waals surface area contributed by atoms with Crippen LogP contribution in [0.3, 0.4) is 0 Å². The molecule has 1 aromatic carbocycles. The molecule has 0 saturated carbocycles. The van der Waals surface area contributed by atoms with Crippen molar-refractivity contribution in [1.29, 1.82) is 0 Å². The maximum absolute atomic E-state index is 12.4. The highest BCUT2D eigenvalue weighted by molar-refractivity contribution is 5.78. The van der Waals surface area contributed by atoms with Gasteiger partial charge in [-0.1, -0.05) is 30.3 Å². The van der Waals surface area contributed by atoms with Gasteiger partial charge in [-0.15, -0.1) is 0 Å². The van der Waals surface area contributed by atoms with Crippen molar-refractivity contribution in [1.82, 2.24) is 9.80 Å². The average molecular weight is 289 g/mol. The summed E-state index contributed by atoms with van der Waals surface area (Å²) in [6.45, 7) is 5.34. The molecule has 1 aliphatic rings. The SMILES string of the molecule is CC(c1ccccc1)N(C)C(=O)CN1CCC(CN)CC1. The Kier molecular flexibility index (Phi) is 5.76. The van der Waals surface area contributed by atoms with Crippen LogP contribution in [-0.2, 0) is 4.79 Å². The molecule has 1 atom stereocenters. The Morgan fingerprint density at radius 1 is 1.33 bits per heavy atom. The Labute approximate surface area is 127 Å². The maximum atomic E-state index is 12.4. The van der Waals surface area contributed by atoms with Gasteiger partial charge in [0.15, 0.2) is 0 Å². The molecular formula is C17H27N3O. The molecule has 1 unspecified atom stereocenters. The van der Waals surface area contributed by atoms with E-state index in [1.54, 1.807) is 0 Å². The number of hydrogen-bond donors (Lipinski definition) is 1. The maximum Gasteiger partial charge on any atom is 0.236 e. The van der Waals surface area contributed by atoms with E-state index in [2.05, 4.69) is 24.0 Å². The van der Waals surface area contributed by atoms with E-state index in [0.29, 0.717) is 12.5 Å². The number of likely N-dealkylation sites (tertiary alicyclic amines) is 1. The molecule has 1 aliphatic heterocycles. The Balaban J connectivity index is 1.85. The molecule has 0 spiro atoms. The first-order chi connectivity index (χ1) is 10.1. The van der Waals surface area contributed by atoms with Gasteiger partial charge >= 0.3 is 0 Å². The van der Waals surface area contributed by atoms with Crippen LogP contribution in [0.15, 0.2) is 30.3 Å². The van der Waals surface area contributed by atoms with Gasteiger partial charge in [0.1, 0.15) is 0 Å². The first-order valence-corrected chi connectivity index (χ1v) is 7.85. The van der Waals surface area contributed by atoms with Crippen LogP contribution in [0.25, 0.3) is 0 Å². The molecule has 1 heterocycles. The highest BCUT2D eigenvalue weighted by Gasteiger charge is 2.23. The normalized spacial score (nSPS) is 18.4. The zero-order valence-corrected chi connectivity index (χ0v) is 13.2. The Morgan fingerprint density at radius 2 is 1.95 bits per heavy atom. The van der Waals surface area contributed by atoms with Gasteiger partial charge in [-0.3, -0.25) is 9.69 Å². The summed E-state index contributed by atoms with van der Waals surface area (Å²) in [4.78, 5) is 16.5. The number of benzene rings is 1. The predicted octanol–water partition coefficient (Wildman–Crippen LogP) is 1.88. The van der Waals surface area contributed by atoms with Crippen molar-refractivity contribution < 1.29 is 4.79 Å². The number of carbonyl (C=O) groups excluding carboxylic acids is 1. The Morgan fingerprint density at radius 3 is 2.52 bits per heavy atom. The topological polar surface area (TPSA) is 49.6 Å². The minimum absolute atomic E-state index is 0.111. The van der Waals surface area contributed by atoms with Gasteiger partial charge in [0.25, 0.3) is 0 Å². The van der Waals surface area contributed by atoms with Crippen LogP contribution in [-0.4, -0.2) is 48.9 Å². The number of piperidine rings is 1. The van der Waals surface area contributed by atoms with E-state index in [9.17, 15) is 4.79 Å². The molecule has 2 rings (SSSR count). The lowest BCUT2D eigenvalue weighted by atomic mass is 9.97. The Hall–Kier alpha value is -1.39. The van der Waals surface area contributed by atoms with Crippen LogP contribution in [0.4, 0.5) is 0 Å². The predicted molar refractivity (Wildman–Crippen MR) is 85.8 cm³/mol. The van der Waals surface area contributed by atoms with Crippen LogP contribution < -0.4 is 5.73 Å². The Bertz CT molecular complexity index is 441. The minimum Gasteiger partial charge on any atom is -0.338 e. The van der Waals surface area contributed by atoms with Crippen molar-refractivity contribution in [2.75, 3.05) is 33.2 Å². The van der Waals surface area contributed by atoms with Crippen LogP contribution in [0.1, 0.15) is 31.4 Å². The fourth-order valence-corrected chi connectivity index (χ4v) is 2.85. The summed E-state index contributed by atoms with van der Waals surface area (Å²) in [6, 6.07) is 10.3. The third kappa shape index (κ3) is 4.29. The molecule has 4 nitrogen and oxygen atoms in total. The average Bonchev–Trinajstić information content (AvgIpc) is 2.55. The molecular weight excluding hydrogens is 262 g/mol. The minimum atomic E-state index is 0.111. The van der Waals surface area contributed by atoms with E-state index >= 15 is 0 Å². The number of nitrogens with zero attached hydrogens (tertiary/aromatic N) is 2. The lowest BCUT2D eigenvalue weighted by Crippen LogP contribution is -2.43. The van der Waals surface area contributed by atoms with Crippen molar-refractivity contribution in [2.45, 2.75) is 25.8 Å². The zero-order chi connectivity index (χ0) is 15.2. The molecule has 21 heavy (non-hydrogen) atoms. The molecule has 0 radical (unpaired) electrons. The van der Waals surface area contributed by atoms with Gasteiger partial charge in [-0.05, 0) is 50.9 Å². The van der Waals surface area contributed by atoms with Gasteiger partial charge in [0.05, 0.1) is 12.6 Å². The summed E-state index contributed by atoms with van der Waals surface area (Å²) in [6.07, 6.45) is 2.23. The number of amides is 1. The largest absolute Gasteiger partial charge is 0.338 e. The summed E-state index contributed by atoms with van der Waals surface area (Å²) in [5, 5.41) is 0. The van der Waals surface area contributed by atoms with Gasteiger partial charge in [-0.2, -0.15) is 0 Å². The molecule has 116 valence electrons. The standard InChI is InChI=1S/C17H27N3O/c1-14(16-6-4-3-5-7-16)19(2)17(21)13-20-10-8-15(12-18)9-11-20/h3-7,14-15H,8-13,18H2,1-2H3. The fraction of sp³-hybridized carbons (Fsp3) is 0.588. The number of nitrogens with two attached hydrogens (primary N) is 1. The second-order valence-electron chi connectivity index (χ2n) is 6.05. The van der Waals surface area contributed by atoms with E-state index in [4.69, 9.17) is 5.73 Å². The fourth-order valence-electron chi connectivity index (χ4n) is 2.85. The van der Waals surface area contributed by atoms with E-state index in [0.717, 1.165) is 32.5 Å². The summed E-state index contributed by atoms with van der Waals surface area (Å²) < 4.78 is 0. The number of carbonyl (C=O) groups is 1. The molecule has 0 bridgehead atoms. The van der Waals surface area contributed by atoms with E-state index in [1.165, 1.54) is 5.56 Å².